The predicted molar refractivity (Wildman–Crippen MR) is 80.9 cm³/mol. The number of thiazole rings is 1. The number of carbonyl (C=O) groups excluding carboxylic acids is 1. The van der Waals surface area contributed by atoms with Crippen LogP contribution in [0.15, 0.2) is 29.4 Å². The van der Waals surface area contributed by atoms with E-state index in [2.05, 4.69) is 30.5 Å². The quantitative estimate of drug-likeness (QED) is 0.752. The van der Waals surface area contributed by atoms with Crippen LogP contribution in [-0.2, 0) is 0 Å². The highest BCUT2D eigenvalue weighted by molar-refractivity contribution is 7.07. The second kappa shape index (κ2) is 5.34. The van der Waals surface area contributed by atoms with Crippen LogP contribution in [0.2, 0.25) is 0 Å². The van der Waals surface area contributed by atoms with Gasteiger partial charge in [0.2, 0.25) is 0 Å². The number of carbonyl (C=O) groups is 1. The average Bonchev–Trinajstić information content (AvgIpc) is 3.16. The molecular weight excluding hydrogens is 302 g/mol. The molecule has 0 aromatic carbocycles. The van der Waals surface area contributed by atoms with Crippen LogP contribution in [0, 0.1) is 5.92 Å². The van der Waals surface area contributed by atoms with Crippen molar-refractivity contribution in [3.63, 3.8) is 0 Å². The second-order valence-electron chi connectivity index (χ2n) is 5.18. The molecule has 0 saturated carbocycles. The maximum atomic E-state index is 11.8. The fraction of sp³-hybridized carbons (Fsp3) is 0.308. The van der Waals surface area contributed by atoms with Crippen LogP contribution in [0.1, 0.15) is 10.5 Å². The van der Waals surface area contributed by atoms with Crippen molar-refractivity contribution in [1.29, 1.82) is 0 Å². The van der Waals surface area contributed by atoms with Gasteiger partial charge in [-0.25, -0.2) is 4.98 Å². The molecule has 1 saturated heterocycles. The smallest absolute Gasteiger partial charge is 0.270 e. The third-order valence-corrected chi connectivity index (χ3v) is 4.23. The van der Waals surface area contributed by atoms with Crippen LogP contribution >= 0.6 is 11.3 Å². The van der Waals surface area contributed by atoms with Crippen molar-refractivity contribution < 1.29 is 4.79 Å². The molecule has 1 amide bonds. The van der Waals surface area contributed by atoms with Gasteiger partial charge in [0.25, 0.3) is 5.91 Å². The lowest BCUT2D eigenvalue weighted by atomic mass is 10.0. The lowest BCUT2D eigenvalue weighted by Gasteiger charge is -2.40. The van der Waals surface area contributed by atoms with E-state index in [1.54, 1.807) is 21.7 Å². The van der Waals surface area contributed by atoms with E-state index >= 15 is 0 Å². The molecule has 0 aliphatic carbocycles. The Morgan fingerprint density at radius 3 is 3.14 bits per heavy atom. The highest BCUT2D eigenvalue weighted by Crippen LogP contribution is 2.22. The predicted octanol–water partition coefficient (Wildman–Crippen LogP) is 0.447. The first-order chi connectivity index (χ1) is 10.8. The van der Waals surface area contributed by atoms with E-state index in [1.807, 2.05) is 12.1 Å². The first-order valence-corrected chi connectivity index (χ1v) is 7.82. The SMILES string of the molecule is O=C(NCC1CN(c2ccc3nncn3n2)C1)c1cscn1. The summed E-state index contributed by atoms with van der Waals surface area (Å²) in [5.41, 5.74) is 2.88. The Hall–Kier alpha value is -2.55. The normalized spacial score (nSPS) is 15.0. The van der Waals surface area contributed by atoms with Gasteiger partial charge in [0.1, 0.15) is 17.8 Å². The first-order valence-electron chi connectivity index (χ1n) is 6.88. The van der Waals surface area contributed by atoms with Gasteiger partial charge in [-0.3, -0.25) is 4.79 Å². The van der Waals surface area contributed by atoms with E-state index in [1.165, 1.54) is 11.3 Å². The third kappa shape index (κ3) is 2.39. The van der Waals surface area contributed by atoms with Crippen LogP contribution in [0.25, 0.3) is 5.65 Å². The number of anilines is 1. The van der Waals surface area contributed by atoms with Crippen molar-refractivity contribution in [1.82, 2.24) is 30.1 Å². The summed E-state index contributed by atoms with van der Waals surface area (Å²) < 4.78 is 1.66. The van der Waals surface area contributed by atoms with Crippen molar-refractivity contribution in [2.24, 2.45) is 5.92 Å². The first kappa shape index (κ1) is 13.1. The molecule has 4 heterocycles. The van der Waals surface area contributed by atoms with Gasteiger partial charge in [0.05, 0.1) is 5.51 Å². The van der Waals surface area contributed by atoms with Crippen molar-refractivity contribution in [2.75, 3.05) is 24.5 Å². The number of fused-ring (bicyclic) bond motifs is 1. The summed E-state index contributed by atoms with van der Waals surface area (Å²) in [6.07, 6.45) is 1.59. The molecule has 8 nitrogen and oxygen atoms in total. The molecule has 1 aliphatic rings. The molecule has 3 aromatic heterocycles. The zero-order chi connectivity index (χ0) is 14.9. The maximum Gasteiger partial charge on any atom is 0.270 e. The number of hydrogen-bond acceptors (Lipinski definition) is 7. The fourth-order valence-corrected chi connectivity index (χ4v) is 2.96. The maximum absolute atomic E-state index is 11.8. The van der Waals surface area contributed by atoms with Crippen LogP contribution in [0.5, 0.6) is 0 Å². The molecule has 0 radical (unpaired) electrons. The second-order valence-corrected chi connectivity index (χ2v) is 5.90. The molecule has 0 atom stereocenters. The number of amides is 1. The fourth-order valence-electron chi connectivity index (χ4n) is 2.43. The highest BCUT2D eigenvalue weighted by atomic mass is 32.1. The van der Waals surface area contributed by atoms with Crippen LogP contribution < -0.4 is 10.2 Å². The zero-order valence-electron chi connectivity index (χ0n) is 11.6. The summed E-state index contributed by atoms with van der Waals surface area (Å²) in [5, 5.41) is 16.9. The Kier molecular flexibility index (Phi) is 3.19. The third-order valence-electron chi connectivity index (χ3n) is 3.65. The molecule has 3 aromatic rings. The summed E-state index contributed by atoms with van der Waals surface area (Å²) in [6, 6.07) is 3.83. The molecule has 1 fully saturated rings. The number of nitrogens with zero attached hydrogens (tertiary/aromatic N) is 6. The van der Waals surface area contributed by atoms with Gasteiger partial charge >= 0.3 is 0 Å². The standard InChI is InChI=1S/C13H13N7OS/c21-13(10-6-22-8-15-10)14-3-9-4-19(5-9)12-2-1-11-17-16-7-20(11)18-12/h1-2,6-9H,3-5H2,(H,14,21). The van der Waals surface area contributed by atoms with E-state index in [0.717, 1.165) is 24.6 Å². The lowest BCUT2D eigenvalue weighted by Crippen LogP contribution is -2.52. The number of nitrogens with one attached hydrogen (secondary N) is 1. The Balaban J connectivity index is 1.31. The van der Waals surface area contributed by atoms with E-state index in [9.17, 15) is 4.79 Å². The summed E-state index contributed by atoms with van der Waals surface area (Å²) in [7, 11) is 0. The minimum absolute atomic E-state index is 0.108. The van der Waals surface area contributed by atoms with Crippen LogP contribution in [0.3, 0.4) is 0 Å². The average molecular weight is 315 g/mol. The summed E-state index contributed by atoms with van der Waals surface area (Å²) in [4.78, 5) is 18.0. The largest absolute Gasteiger partial charge is 0.354 e. The minimum Gasteiger partial charge on any atom is -0.354 e. The molecule has 9 heteroatoms. The minimum atomic E-state index is -0.108. The summed E-state index contributed by atoms with van der Waals surface area (Å²) in [5.74, 6) is 1.22. The van der Waals surface area contributed by atoms with Gasteiger partial charge in [-0.2, -0.15) is 4.52 Å². The number of aromatic nitrogens is 5. The molecule has 0 spiro atoms. The van der Waals surface area contributed by atoms with E-state index in [-0.39, 0.29) is 5.91 Å². The molecule has 112 valence electrons. The van der Waals surface area contributed by atoms with Crippen molar-refractivity contribution in [3.8, 4) is 0 Å². The Morgan fingerprint density at radius 1 is 1.41 bits per heavy atom. The summed E-state index contributed by atoms with van der Waals surface area (Å²) >= 11 is 1.42. The Bertz CT molecular complexity index is 794. The van der Waals surface area contributed by atoms with Gasteiger partial charge < -0.3 is 10.2 Å². The van der Waals surface area contributed by atoms with E-state index in [0.29, 0.717) is 18.2 Å². The highest BCUT2D eigenvalue weighted by Gasteiger charge is 2.28. The molecule has 1 aliphatic heterocycles. The van der Waals surface area contributed by atoms with E-state index < -0.39 is 0 Å². The molecule has 0 unspecified atom stereocenters. The van der Waals surface area contributed by atoms with Gasteiger partial charge in [-0.15, -0.1) is 26.6 Å². The zero-order valence-corrected chi connectivity index (χ0v) is 12.4. The Morgan fingerprint density at radius 2 is 2.32 bits per heavy atom. The van der Waals surface area contributed by atoms with E-state index in [4.69, 9.17) is 0 Å². The topological polar surface area (TPSA) is 88.3 Å². The molecule has 22 heavy (non-hydrogen) atoms. The van der Waals surface area contributed by atoms with Crippen molar-refractivity contribution >= 4 is 28.7 Å². The number of rotatable bonds is 4. The van der Waals surface area contributed by atoms with Crippen LogP contribution in [-0.4, -0.2) is 50.3 Å². The van der Waals surface area contributed by atoms with Gasteiger partial charge in [0.15, 0.2) is 5.65 Å². The number of hydrogen-bond donors (Lipinski definition) is 1. The molecular formula is C13H13N7OS. The van der Waals surface area contributed by atoms with Gasteiger partial charge in [-0.05, 0) is 12.1 Å². The monoisotopic (exact) mass is 315 g/mol. The van der Waals surface area contributed by atoms with Gasteiger partial charge in [-0.1, -0.05) is 0 Å². The van der Waals surface area contributed by atoms with Crippen molar-refractivity contribution in [2.45, 2.75) is 0 Å². The Labute approximate surface area is 129 Å². The lowest BCUT2D eigenvalue weighted by molar-refractivity contribution is 0.0940. The van der Waals surface area contributed by atoms with Crippen LogP contribution in [0.4, 0.5) is 5.82 Å². The molecule has 1 N–H and O–H groups in total. The molecule has 0 bridgehead atoms. The van der Waals surface area contributed by atoms with Gasteiger partial charge in [0, 0.05) is 30.9 Å². The summed E-state index contributed by atoms with van der Waals surface area (Å²) in [6.45, 7) is 2.40. The van der Waals surface area contributed by atoms with Crippen molar-refractivity contribution in [3.05, 3.63) is 35.0 Å². The molecule has 4 rings (SSSR count).